The first kappa shape index (κ1) is 21.0. The molecule has 3 rings (SSSR count). The fraction of sp³-hybridized carbons (Fsp3) is 0.208. The molecule has 0 aromatic heterocycles. The molecule has 1 aliphatic rings. The number of carboxylic acids is 1. The van der Waals surface area contributed by atoms with Crippen LogP contribution in [0.1, 0.15) is 40.9 Å². The zero-order valence-electron chi connectivity index (χ0n) is 17.3. The number of amides is 1. The van der Waals surface area contributed by atoms with Gasteiger partial charge >= 0.3 is 5.97 Å². The quantitative estimate of drug-likeness (QED) is 0.565. The molecule has 1 aliphatic heterocycles. The van der Waals surface area contributed by atoms with Gasteiger partial charge in [0.15, 0.2) is 0 Å². The summed E-state index contributed by atoms with van der Waals surface area (Å²) in [6.45, 7) is 7.54. The summed E-state index contributed by atoms with van der Waals surface area (Å²) in [6, 6.07) is 11.6. The van der Waals surface area contributed by atoms with Gasteiger partial charge in [0.05, 0.1) is 23.7 Å². The van der Waals surface area contributed by atoms with Gasteiger partial charge in [0.1, 0.15) is 0 Å². The lowest BCUT2D eigenvalue weighted by atomic mass is 10.0. The maximum Gasteiger partial charge on any atom is 0.340 e. The fourth-order valence-corrected chi connectivity index (χ4v) is 3.34. The molecule has 154 valence electrons. The smallest absolute Gasteiger partial charge is 0.340 e. The number of carbonyl (C=O) groups is 3. The van der Waals surface area contributed by atoms with Gasteiger partial charge in [-0.05, 0) is 68.2 Å². The predicted octanol–water partition coefficient (Wildman–Crippen LogP) is 2.93. The molecule has 2 aromatic carbocycles. The van der Waals surface area contributed by atoms with Crippen molar-refractivity contribution in [1.29, 1.82) is 0 Å². The summed E-state index contributed by atoms with van der Waals surface area (Å²) in [5.74, 6) is -2.20. The summed E-state index contributed by atoms with van der Waals surface area (Å²) in [5.41, 5.74) is 4.29. The fourth-order valence-electron chi connectivity index (χ4n) is 3.34. The highest BCUT2D eigenvalue weighted by Crippen LogP contribution is 2.36. The molecular formula is C24H22NO5-. The van der Waals surface area contributed by atoms with E-state index in [0.717, 1.165) is 11.1 Å². The van der Waals surface area contributed by atoms with Gasteiger partial charge in [0.2, 0.25) is 0 Å². The molecule has 1 heterocycles. The molecule has 6 heteroatoms. The van der Waals surface area contributed by atoms with E-state index in [1.807, 2.05) is 32.0 Å². The van der Waals surface area contributed by atoms with E-state index in [1.165, 1.54) is 17.0 Å². The van der Waals surface area contributed by atoms with Crippen LogP contribution in [0.25, 0.3) is 6.08 Å². The zero-order chi connectivity index (χ0) is 22.0. The van der Waals surface area contributed by atoms with Crippen LogP contribution < -0.4 is 10.0 Å². The van der Waals surface area contributed by atoms with Crippen molar-refractivity contribution in [1.82, 2.24) is 0 Å². The van der Waals surface area contributed by atoms with Gasteiger partial charge in [-0.1, -0.05) is 30.3 Å². The largest absolute Gasteiger partial charge is 0.545 e. The van der Waals surface area contributed by atoms with Gasteiger partial charge in [-0.15, -0.1) is 0 Å². The van der Waals surface area contributed by atoms with Crippen LogP contribution in [0.3, 0.4) is 0 Å². The van der Waals surface area contributed by atoms with E-state index in [2.05, 4.69) is 0 Å². The van der Waals surface area contributed by atoms with E-state index in [9.17, 15) is 19.5 Å². The number of aryl methyl sites for hydroxylation is 2. The molecule has 0 atom stereocenters. The minimum atomic E-state index is -1.28. The molecule has 0 aliphatic carbocycles. The number of nitrogens with zero attached hydrogens (tertiary/aromatic N) is 1. The van der Waals surface area contributed by atoms with Gasteiger partial charge in [0, 0.05) is 11.4 Å². The van der Waals surface area contributed by atoms with Crippen molar-refractivity contribution in [3.63, 3.8) is 0 Å². The van der Waals surface area contributed by atoms with Gasteiger partial charge in [0.25, 0.3) is 5.91 Å². The number of rotatable bonds is 5. The van der Waals surface area contributed by atoms with Crippen LogP contribution in [0.15, 0.2) is 59.3 Å². The molecule has 0 saturated carbocycles. The average Bonchev–Trinajstić information content (AvgIpc) is 2.94. The van der Waals surface area contributed by atoms with Crippen LogP contribution in [-0.2, 0) is 14.3 Å². The van der Waals surface area contributed by atoms with Crippen molar-refractivity contribution in [3.05, 3.63) is 81.6 Å². The highest BCUT2D eigenvalue weighted by atomic mass is 16.5. The summed E-state index contributed by atoms with van der Waals surface area (Å²) < 4.78 is 5.19. The molecule has 1 amide bonds. The van der Waals surface area contributed by atoms with Crippen LogP contribution >= 0.6 is 0 Å². The Labute approximate surface area is 175 Å². The molecule has 0 bridgehead atoms. The molecule has 0 N–H and O–H groups in total. The van der Waals surface area contributed by atoms with Crippen molar-refractivity contribution >= 4 is 29.6 Å². The number of carboxylic acid groups (broad SMARTS) is 1. The van der Waals surface area contributed by atoms with Gasteiger partial charge in [-0.25, -0.2) is 4.79 Å². The Bertz CT molecular complexity index is 1090. The third-order valence-electron chi connectivity index (χ3n) is 5.09. The first-order chi connectivity index (χ1) is 14.2. The van der Waals surface area contributed by atoms with Crippen molar-refractivity contribution in [2.45, 2.75) is 27.7 Å². The number of esters is 1. The van der Waals surface area contributed by atoms with E-state index in [4.69, 9.17) is 4.74 Å². The summed E-state index contributed by atoms with van der Waals surface area (Å²) in [4.78, 5) is 38.4. The van der Waals surface area contributed by atoms with Gasteiger partial charge in [-0.3, -0.25) is 9.69 Å². The molecule has 0 fully saturated rings. The Kier molecular flexibility index (Phi) is 5.87. The van der Waals surface area contributed by atoms with Gasteiger partial charge in [-0.2, -0.15) is 0 Å². The minimum Gasteiger partial charge on any atom is -0.545 e. The highest BCUT2D eigenvalue weighted by Gasteiger charge is 2.38. The normalized spacial score (nSPS) is 15.1. The summed E-state index contributed by atoms with van der Waals surface area (Å²) >= 11 is 0. The van der Waals surface area contributed by atoms with Crippen LogP contribution in [0.2, 0.25) is 0 Å². The third-order valence-corrected chi connectivity index (χ3v) is 5.09. The number of allylic oxidation sites excluding steroid dienone is 1. The van der Waals surface area contributed by atoms with Crippen molar-refractivity contribution in [3.8, 4) is 0 Å². The molecule has 30 heavy (non-hydrogen) atoms. The predicted molar refractivity (Wildman–Crippen MR) is 111 cm³/mol. The standard InChI is InChI=1S/C24H23NO5/c1-5-30-24(29)21-16(4)25(19-11-6-14(2)15(3)12-19)22(26)20(21)13-17-7-9-18(10-8-17)23(27)28/h6-13H,5H2,1-4H3,(H,27,28)/p-1/b20-13+. The SMILES string of the molecule is CCOC(=O)C1=C(C)N(c2ccc(C)c(C)c2)C(=O)/C1=C/c1ccc(C(=O)[O-])cc1. The second-order valence-corrected chi connectivity index (χ2v) is 7.06. The second kappa shape index (κ2) is 8.37. The van der Waals surface area contributed by atoms with Gasteiger partial charge < -0.3 is 14.6 Å². The van der Waals surface area contributed by atoms with Crippen LogP contribution in [0.4, 0.5) is 5.69 Å². The molecule has 0 spiro atoms. The molecule has 0 unspecified atom stereocenters. The van der Waals surface area contributed by atoms with Crippen LogP contribution in [0.5, 0.6) is 0 Å². The van der Waals surface area contributed by atoms with E-state index in [0.29, 0.717) is 16.9 Å². The highest BCUT2D eigenvalue weighted by molar-refractivity contribution is 6.23. The second-order valence-electron chi connectivity index (χ2n) is 7.06. The van der Waals surface area contributed by atoms with E-state index >= 15 is 0 Å². The zero-order valence-corrected chi connectivity index (χ0v) is 17.3. The van der Waals surface area contributed by atoms with Crippen molar-refractivity contribution in [2.24, 2.45) is 0 Å². The first-order valence-corrected chi connectivity index (χ1v) is 9.57. The third kappa shape index (κ3) is 3.89. The Balaban J connectivity index is 2.11. The molecule has 2 aromatic rings. The molecule has 6 nitrogen and oxygen atoms in total. The Morgan fingerprint density at radius 1 is 1.03 bits per heavy atom. The summed E-state index contributed by atoms with van der Waals surface area (Å²) in [5, 5.41) is 11.0. The molecule has 0 radical (unpaired) electrons. The van der Waals surface area contributed by atoms with Crippen LogP contribution in [-0.4, -0.2) is 24.5 Å². The number of carbonyl (C=O) groups excluding carboxylic acids is 3. The Morgan fingerprint density at radius 3 is 2.27 bits per heavy atom. The lowest BCUT2D eigenvalue weighted by molar-refractivity contribution is -0.255. The van der Waals surface area contributed by atoms with E-state index in [-0.39, 0.29) is 29.2 Å². The Morgan fingerprint density at radius 2 is 1.70 bits per heavy atom. The maximum absolute atomic E-state index is 13.3. The van der Waals surface area contributed by atoms with Crippen molar-refractivity contribution < 1.29 is 24.2 Å². The number of hydrogen-bond donors (Lipinski definition) is 0. The lowest BCUT2D eigenvalue weighted by Gasteiger charge is -2.19. The number of aromatic carboxylic acids is 1. The number of anilines is 1. The lowest BCUT2D eigenvalue weighted by Crippen LogP contribution is -2.24. The number of hydrogen-bond acceptors (Lipinski definition) is 5. The van der Waals surface area contributed by atoms with E-state index in [1.54, 1.807) is 32.1 Å². The van der Waals surface area contributed by atoms with Crippen molar-refractivity contribution in [2.75, 3.05) is 11.5 Å². The number of benzene rings is 2. The minimum absolute atomic E-state index is 0.0315. The Hall–Kier alpha value is -3.67. The monoisotopic (exact) mass is 404 g/mol. The molecule has 0 saturated heterocycles. The number of ether oxygens (including phenoxy) is 1. The summed E-state index contributed by atoms with van der Waals surface area (Å²) in [7, 11) is 0. The first-order valence-electron chi connectivity index (χ1n) is 9.57. The topological polar surface area (TPSA) is 86.7 Å². The maximum atomic E-state index is 13.3. The average molecular weight is 404 g/mol. The molecular weight excluding hydrogens is 382 g/mol. The van der Waals surface area contributed by atoms with Crippen LogP contribution in [0, 0.1) is 13.8 Å². The van der Waals surface area contributed by atoms with E-state index < -0.39 is 11.9 Å². The summed E-state index contributed by atoms with van der Waals surface area (Å²) in [6.07, 6.45) is 1.57.